The molecule has 2 N–H and O–H groups in total. The smallest absolute Gasteiger partial charge is 0.254 e. The van der Waals surface area contributed by atoms with Crippen molar-refractivity contribution in [2.45, 2.75) is 20.0 Å². The minimum absolute atomic E-state index is 0.0529. The first-order chi connectivity index (χ1) is 9.60. The molecule has 0 spiro atoms. The third-order valence-electron chi connectivity index (χ3n) is 3.16. The first-order valence-corrected chi connectivity index (χ1v) is 6.57. The van der Waals surface area contributed by atoms with Crippen molar-refractivity contribution in [2.75, 3.05) is 6.54 Å². The lowest BCUT2D eigenvalue weighted by molar-refractivity contribution is 0.0953. The molecule has 0 aliphatic carbocycles. The van der Waals surface area contributed by atoms with Gasteiger partial charge in [-0.2, -0.15) is 5.10 Å². The van der Waals surface area contributed by atoms with Gasteiger partial charge in [-0.15, -0.1) is 0 Å². The van der Waals surface area contributed by atoms with Crippen LogP contribution in [0.25, 0.3) is 0 Å². The zero-order valence-electron chi connectivity index (χ0n) is 11.8. The van der Waals surface area contributed by atoms with Crippen molar-refractivity contribution in [3.05, 3.63) is 52.8 Å². The number of carbonyl (C=O) groups is 1. The predicted octanol–water partition coefficient (Wildman–Crippen LogP) is 1.19. The molecule has 1 aromatic heterocycles. The molecule has 0 bridgehead atoms. The van der Waals surface area contributed by atoms with Crippen LogP contribution in [0.3, 0.4) is 0 Å². The first-order valence-electron chi connectivity index (χ1n) is 6.57. The number of rotatable bonds is 5. The zero-order chi connectivity index (χ0) is 14.5. The Hall–Kier alpha value is -2.14. The molecule has 0 fully saturated rings. The van der Waals surface area contributed by atoms with Gasteiger partial charge in [-0.1, -0.05) is 24.3 Å². The average Bonchev–Trinajstić information content (AvgIpc) is 2.78. The van der Waals surface area contributed by atoms with Gasteiger partial charge < -0.3 is 10.4 Å². The maximum Gasteiger partial charge on any atom is 0.254 e. The predicted molar refractivity (Wildman–Crippen MR) is 76.3 cm³/mol. The molecule has 2 aromatic rings. The summed E-state index contributed by atoms with van der Waals surface area (Å²) in [5.41, 5.74) is 3.37. The molecule has 2 rings (SSSR count). The van der Waals surface area contributed by atoms with Crippen LogP contribution in [0.5, 0.6) is 0 Å². The van der Waals surface area contributed by atoms with Crippen molar-refractivity contribution in [3.8, 4) is 0 Å². The molecule has 1 amide bonds. The monoisotopic (exact) mass is 273 g/mol. The van der Waals surface area contributed by atoms with Gasteiger partial charge in [0.1, 0.15) is 0 Å². The highest BCUT2D eigenvalue weighted by Gasteiger charge is 2.11. The van der Waals surface area contributed by atoms with E-state index < -0.39 is 0 Å². The number of aliphatic hydroxyl groups excluding tert-OH is 1. The highest BCUT2D eigenvalue weighted by Crippen LogP contribution is 2.06. The molecule has 0 aliphatic rings. The number of carbonyl (C=O) groups excluding carboxylic acids is 1. The van der Waals surface area contributed by atoms with Crippen LogP contribution in [-0.2, 0) is 20.1 Å². The van der Waals surface area contributed by atoms with Crippen LogP contribution in [0.2, 0.25) is 0 Å². The van der Waals surface area contributed by atoms with Crippen molar-refractivity contribution in [1.82, 2.24) is 15.1 Å². The largest absolute Gasteiger partial charge is 0.392 e. The Morgan fingerprint density at radius 2 is 1.95 bits per heavy atom. The summed E-state index contributed by atoms with van der Waals surface area (Å²) in [7, 11) is 1.80. The standard InChI is InChI=1S/C15H19N3O2/c1-11-14(9-18(2)17-11)15(20)16-8-7-12-3-5-13(10-19)6-4-12/h3-6,9,19H,7-8,10H2,1-2H3,(H,16,20). The van der Waals surface area contributed by atoms with Crippen molar-refractivity contribution in [1.29, 1.82) is 0 Å². The summed E-state index contributed by atoms with van der Waals surface area (Å²) < 4.78 is 1.64. The molecule has 0 aliphatic heterocycles. The van der Waals surface area contributed by atoms with Crippen LogP contribution in [0.4, 0.5) is 0 Å². The van der Waals surface area contributed by atoms with Gasteiger partial charge in [-0.3, -0.25) is 9.48 Å². The Kier molecular flexibility index (Phi) is 4.53. The van der Waals surface area contributed by atoms with Gasteiger partial charge in [-0.05, 0) is 24.5 Å². The number of hydrogen-bond donors (Lipinski definition) is 2. The second-order valence-electron chi connectivity index (χ2n) is 4.78. The van der Waals surface area contributed by atoms with Crippen LogP contribution < -0.4 is 5.32 Å². The van der Waals surface area contributed by atoms with E-state index in [0.717, 1.165) is 23.2 Å². The lowest BCUT2D eigenvalue weighted by Crippen LogP contribution is -2.26. The second kappa shape index (κ2) is 6.34. The van der Waals surface area contributed by atoms with Crippen molar-refractivity contribution in [2.24, 2.45) is 7.05 Å². The first kappa shape index (κ1) is 14.3. The van der Waals surface area contributed by atoms with E-state index >= 15 is 0 Å². The molecule has 0 saturated heterocycles. The second-order valence-corrected chi connectivity index (χ2v) is 4.78. The number of nitrogens with one attached hydrogen (secondary N) is 1. The third-order valence-corrected chi connectivity index (χ3v) is 3.16. The molecule has 0 saturated carbocycles. The summed E-state index contributed by atoms with van der Waals surface area (Å²) in [5, 5.41) is 16.0. The summed E-state index contributed by atoms with van der Waals surface area (Å²) in [6.45, 7) is 2.45. The Morgan fingerprint density at radius 1 is 1.30 bits per heavy atom. The summed E-state index contributed by atoms with van der Waals surface area (Å²) >= 11 is 0. The minimum atomic E-state index is -0.0948. The summed E-state index contributed by atoms with van der Waals surface area (Å²) in [6, 6.07) is 7.71. The van der Waals surface area contributed by atoms with Gasteiger partial charge in [0, 0.05) is 19.8 Å². The fraction of sp³-hybridized carbons (Fsp3) is 0.333. The molecule has 106 valence electrons. The minimum Gasteiger partial charge on any atom is -0.392 e. The Bertz CT molecular complexity index is 588. The number of aliphatic hydroxyl groups is 1. The van der Waals surface area contributed by atoms with E-state index in [1.807, 2.05) is 31.2 Å². The molecule has 1 heterocycles. The summed E-state index contributed by atoms with van der Waals surface area (Å²) in [6.07, 6.45) is 2.48. The molecule has 1 aromatic carbocycles. The van der Waals surface area contributed by atoms with Crippen LogP contribution in [0, 0.1) is 6.92 Å². The van der Waals surface area contributed by atoms with Crippen LogP contribution in [0.1, 0.15) is 27.2 Å². The van der Waals surface area contributed by atoms with Gasteiger partial charge in [0.25, 0.3) is 5.91 Å². The summed E-state index contributed by atoms with van der Waals surface area (Å²) in [4.78, 5) is 12.0. The van der Waals surface area contributed by atoms with E-state index in [1.54, 1.807) is 17.9 Å². The molecule has 0 atom stereocenters. The van der Waals surface area contributed by atoms with Gasteiger partial charge in [0.2, 0.25) is 0 Å². The van der Waals surface area contributed by atoms with E-state index in [4.69, 9.17) is 5.11 Å². The quantitative estimate of drug-likeness (QED) is 0.860. The van der Waals surface area contributed by atoms with E-state index in [0.29, 0.717) is 12.1 Å². The van der Waals surface area contributed by atoms with Gasteiger partial charge in [0.05, 0.1) is 17.9 Å². The topological polar surface area (TPSA) is 67.2 Å². The van der Waals surface area contributed by atoms with E-state index in [9.17, 15) is 4.79 Å². The average molecular weight is 273 g/mol. The molecular formula is C15H19N3O2. The third kappa shape index (κ3) is 3.45. The molecule has 0 unspecified atom stereocenters. The number of nitrogens with zero attached hydrogens (tertiary/aromatic N) is 2. The molecule has 20 heavy (non-hydrogen) atoms. The number of hydrogen-bond acceptors (Lipinski definition) is 3. The van der Waals surface area contributed by atoms with Crippen molar-refractivity contribution >= 4 is 5.91 Å². The maximum absolute atomic E-state index is 12.0. The van der Waals surface area contributed by atoms with Crippen LogP contribution >= 0.6 is 0 Å². The lowest BCUT2D eigenvalue weighted by atomic mass is 10.1. The Morgan fingerprint density at radius 3 is 2.50 bits per heavy atom. The van der Waals surface area contributed by atoms with Gasteiger partial charge in [-0.25, -0.2) is 0 Å². The van der Waals surface area contributed by atoms with Crippen molar-refractivity contribution in [3.63, 3.8) is 0 Å². The number of amides is 1. The molecule has 5 nitrogen and oxygen atoms in total. The van der Waals surface area contributed by atoms with E-state index in [1.165, 1.54) is 0 Å². The fourth-order valence-electron chi connectivity index (χ4n) is 2.05. The highest BCUT2D eigenvalue weighted by atomic mass is 16.3. The van der Waals surface area contributed by atoms with E-state index in [-0.39, 0.29) is 12.5 Å². The number of aromatic nitrogens is 2. The summed E-state index contributed by atoms with van der Waals surface area (Å²) in [5.74, 6) is -0.0948. The lowest BCUT2D eigenvalue weighted by Gasteiger charge is -2.05. The molecular weight excluding hydrogens is 254 g/mol. The Labute approximate surface area is 118 Å². The normalized spacial score (nSPS) is 10.6. The maximum atomic E-state index is 12.0. The number of benzene rings is 1. The van der Waals surface area contributed by atoms with Crippen molar-refractivity contribution < 1.29 is 9.90 Å². The molecule has 0 radical (unpaired) electrons. The molecule has 5 heteroatoms. The zero-order valence-corrected chi connectivity index (χ0v) is 11.8. The van der Waals surface area contributed by atoms with E-state index in [2.05, 4.69) is 10.4 Å². The van der Waals surface area contributed by atoms with Gasteiger partial charge in [0.15, 0.2) is 0 Å². The highest BCUT2D eigenvalue weighted by molar-refractivity contribution is 5.94. The fourth-order valence-corrected chi connectivity index (χ4v) is 2.05. The van der Waals surface area contributed by atoms with Crippen LogP contribution in [0.15, 0.2) is 30.5 Å². The number of aryl methyl sites for hydroxylation is 2. The van der Waals surface area contributed by atoms with Crippen LogP contribution in [-0.4, -0.2) is 27.3 Å². The van der Waals surface area contributed by atoms with Gasteiger partial charge >= 0.3 is 0 Å². The Balaban J connectivity index is 1.86. The SMILES string of the molecule is Cc1nn(C)cc1C(=O)NCCc1ccc(CO)cc1.